The van der Waals surface area contributed by atoms with Gasteiger partial charge in [0, 0.05) is 6.20 Å². The summed E-state index contributed by atoms with van der Waals surface area (Å²) in [6.07, 6.45) is 2.36. The van der Waals surface area contributed by atoms with Crippen LogP contribution in [-0.2, 0) is 9.53 Å². The molecule has 1 saturated heterocycles. The van der Waals surface area contributed by atoms with Crippen LogP contribution in [0.15, 0.2) is 37.1 Å². The quantitative estimate of drug-likeness (QED) is 0.278. The van der Waals surface area contributed by atoms with Gasteiger partial charge in [0.2, 0.25) is 0 Å². The molecule has 3 aromatic rings. The zero-order chi connectivity index (χ0) is 25.0. The number of carbonyl (C=O) groups is 2. The molecule has 1 saturated carbocycles. The number of ether oxygens (including phenoxy) is 1. The van der Waals surface area contributed by atoms with E-state index in [1.165, 1.54) is 24.9 Å². The maximum absolute atomic E-state index is 10.1. The van der Waals surface area contributed by atoms with Gasteiger partial charge in [-0.15, -0.1) is 0 Å². The van der Waals surface area contributed by atoms with Gasteiger partial charge in [-0.05, 0) is 31.9 Å². The van der Waals surface area contributed by atoms with E-state index in [9.17, 15) is 19.8 Å². The number of aliphatic hydroxyl groups is 2. The number of hydrogen-bond acceptors (Lipinski definition) is 11. The second kappa shape index (κ2) is 10.0. The average Bonchev–Trinajstić information content (AvgIpc) is 3.35. The van der Waals surface area contributed by atoms with Gasteiger partial charge in [0.05, 0.1) is 12.4 Å². The van der Waals surface area contributed by atoms with Crippen LogP contribution in [-0.4, -0.2) is 80.7 Å². The number of imidazole rings is 1. The van der Waals surface area contributed by atoms with Gasteiger partial charge in [0.25, 0.3) is 0 Å². The number of aromatic nitrogens is 5. The molecule has 0 spiro atoms. The van der Waals surface area contributed by atoms with Crippen LogP contribution in [0.3, 0.4) is 0 Å². The molecule has 14 heteroatoms. The molecule has 0 radical (unpaired) electrons. The van der Waals surface area contributed by atoms with Crippen molar-refractivity contribution in [2.75, 3.05) is 5.73 Å². The van der Waals surface area contributed by atoms with Crippen LogP contribution in [0.25, 0.3) is 11.2 Å². The molecule has 0 aromatic carbocycles. The Morgan fingerprint density at radius 1 is 1.12 bits per heavy atom. The van der Waals surface area contributed by atoms with E-state index in [-0.39, 0.29) is 11.5 Å². The molecule has 4 heterocycles. The monoisotopic (exact) mass is 475 g/mol. The van der Waals surface area contributed by atoms with E-state index < -0.39 is 42.0 Å². The second-order valence-electron chi connectivity index (χ2n) is 7.78. The van der Waals surface area contributed by atoms with E-state index in [4.69, 9.17) is 26.4 Å². The van der Waals surface area contributed by atoms with Crippen molar-refractivity contribution < 1.29 is 34.8 Å². The van der Waals surface area contributed by atoms with Crippen molar-refractivity contribution >= 4 is 28.9 Å². The largest absolute Gasteiger partial charge is 0.480 e. The number of carboxylic acids is 2. The highest BCUT2D eigenvalue weighted by Gasteiger charge is 2.46. The Labute approximate surface area is 192 Å². The fourth-order valence-corrected chi connectivity index (χ4v) is 2.95. The maximum Gasteiger partial charge on any atom is 0.354 e. The molecule has 0 amide bonds. The van der Waals surface area contributed by atoms with Gasteiger partial charge < -0.3 is 36.6 Å². The lowest BCUT2D eigenvalue weighted by atomic mass is 10.1. The highest BCUT2D eigenvalue weighted by molar-refractivity contribution is 5.85. The third kappa shape index (κ3) is 5.43. The molecule has 1 aliphatic carbocycles. The van der Waals surface area contributed by atoms with Gasteiger partial charge in [-0.1, -0.05) is 6.07 Å². The highest BCUT2D eigenvalue weighted by Crippen LogP contribution is 2.32. The Morgan fingerprint density at radius 3 is 2.26 bits per heavy atom. The number of rotatable bonds is 3. The van der Waals surface area contributed by atoms with E-state index in [2.05, 4.69) is 19.9 Å². The molecular weight excluding hydrogens is 450 g/mol. The van der Waals surface area contributed by atoms with E-state index >= 15 is 0 Å². The van der Waals surface area contributed by atoms with Gasteiger partial charge in [-0.3, -0.25) is 9.36 Å². The number of aliphatic carboxylic acids is 1. The van der Waals surface area contributed by atoms with Crippen molar-refractivity contribution in [1.29, 1.82) is 0 Å². The van der Waals surface area contributed by atoms with Crippen LogP contribution < -0.4 is 11.5 Å². The Kier molecular flexibility index (Phi) is 7.36. The van der Waals surface area contributed by atoms with Gasteiger partial charge in [-0.25, -0.2) is 24.7 Å². The summed E-state index contributed by atoms with van der Waals surface area (Å²) in [5.74, 6) is -1.59. The first-order valence-corrected chi connectivity index (χ1v) is 10.2. The lowest BCUT2D eigenvalue weighted by Gasteiger charge is -2.16. The van der Waals surface area contributed by atoms with E-state index in [0.29, 0.717) is 24.0 Å². The lowest BCUT2D eigenvalue weighted by molar-refractivity contribution is -0.139. The van der Waals surface area contributed by atoms with Crippen LogP contribution in [0, 0.1) is 0 Å². The van der Waals surface area contributed by atoms with Crippen LogP contribution in [0.4, 0.5) is 5.82 Å². The van der Waals surface area contributed by atoms with Crippen LogP contribution >= 0.6 is 0 Å². The number of aromatic carboxylic acids is 1. The summed E-state index contributed by atoms with van der Waals surface area (Å²) in [6.45, 7) is 1.69. The molecule has 182 valence electrons. The Morgan fingerprint density at radius 2 is 1.82 bits per heavy atom. The topological polar surface area (TPSA) is 233 Å². The minimum Gasteiger partial charge on any atom is -0.480 e. The number of hydrogen-bond donors (Lipinski definition) is 6. The standard InChI is InChI=1S/C10H13N5O3.C6H5NO2.C4H7NO2/c1-4-6(16)7(17)10(18-4)15-3-14-5-8(11)12-2-13-9(5)15;8-6(9)5-3-1-2-4-7-5;5-4(1-2-4)3(6)7/h2-4,6-7,10,16-17H,1H3,(H2,11,12,13);1-4H,(H,8,9);1-2,5H2,(H,6,7)/t4-,6-,7-,10-;;/m1../s1. The SMILES string of the molecule is C[C@H]1O[C@@H](n2cnc3c(N)ncnc32)[C@H](O)[C@@H]1O.NC1(C(=O)O)CC1.O=C(O)c1ccccn1. The molecule has 4 atom stereocenters. The second-order valence-corrected chi connectivity index (χ2v) is 7.78. The third-order valence-corrected chi connectivity index (χ3v) is 5.24. The smallest absolute Gasteiger partial charge is 0.354 e. The first-order valence-electron chi connectivity index (χ1n) is 10.2. The van der Waals surface area contributed by atoms with Crippen molar-refractivity contribution in [2.24, 2.45) is 5.73 Å². The zero-order valence-electron chi connectivity index (χ0n) is 18.1. The Balaban J connectivity index is 0.000000168. The van der Waals surface area contributed by atoms with Crippen LogP contribution in [0.2, 0.25) is 0 Å². The lowest BCUT2D eigenvalue weighted by Crippen LogP contribution is -2.31. The number of nitrogen functional groups attached to an aromatic ring is 1. The number of anilines is 1. The maximum atomic E-state index is 10.1. The van der Waals surface area contributed by atoms with E-state index in [1.54, 1.807) is 23.6 Å². The van der Waals surface area contributed by atoms with Gasteiger partial charge >= 0.3 is 11.9 Å². The molecule has 14 nitrogen and oxygen atoms in total. The normalized spacial score (nSPS) is 24.4. The predicted molar refractivity (Wildman–Crippen MR) is 116 cm³/mol. The van der Waals surface area contributed by atoms with Gasteiger partial charge in [-0.2, -0.15) is 0 Å². The van der Waals surface area contributed by atoms with Gasteiger partial charge in [0.15, 0.2) is 17.7 Å². The van der Waals surface area contributed by atoms with Crippen molar-refractivity contribution in [1.82, 2.24) is 24.5 Å². The summed E-state index contributed by atoms with van der Waals surface area (Å²) in [7, 11) is 0. The fraction of sp³-hybridized carbons (Fsp3) is 0.400. The van der Waals surface area contributed by atoms with Crippen LogP contribution in [0.5, 0.6) is 0 Å². The first-order chi connectivity index (χ1) is 16.0. The number of nitrogens with two attached hydrogens (primary N) is 2. The summed E-state index contributed by atoms with van der Waals surface area (Å²) in [5, 5.41) is 36.1. The average molecular weight is 475 g/mol. The summed E-state index contributed by atoms with van der Waals surface area (Å²) < 4.78 is 7.05. The Bertz CT molecular complexity index is 1150. The minimum atomic E-state index is -1.03. The molecule has 3 aromatic heterocycles. The molecule has 5 rings (SSSR count). The molecule has 8 N–H and O–H groups in total. The number of carboxylic acid groups (broad SMARTS) is 2. The number of fused-ring (bicyclic) bond motifs is 1. The first kappa shape index (κ1) is 24.9. The molecule has 2 aliphatic rings. The Hall–Kier alpha value is -3.72. The van der Waals surface area contributed by atoms with E-state index in [1.807, 2.05) is 0 Å². The predicted octanol–water partition coefficient (Wildman–Crippen LogP) is -0.610. The molecule has 0 bridgehead atoms. The minimum absolute atomic E-state index is 0.0810. The van der Waals surface area contributed by atoms with Crippen molar-refractivity contribution in [3.05, 3.63) is 42.7 Å². The third-order valence-electron chi connectivity index (χ3n) is 5.24. The van der Waals surface area contributed by atoms with Crippen molar-refractivity contribution in [3.63, 3.8) is 0 Å². The molecule has 34 heavy (non-hydrogen) atoms. The molecule has 1 aliphatic heterocycles. The summed E-state index contributed by atoms with van der Waals surface area (Å²) in [4.78, 5) is 35.7. The number of pyridine rings is 1. The van der Waals surface area contributed by atoms with Crippen molar-refractivity contribution in [2.45, 2.75) is 49.8 Å². The molecule has 0 unspecified atom stereocenters. The van der Waals surface area contributed by atoms with Crippen LogP contribution in [0.1, 0.15) is 36.5 Å². The summed E-state index contributed by atoms with van der Waals surface area (Å²) in [6, 6.07) is 4.76. The van der Waals surface area contributed by atoms with Gasteiger partial charge in [0.1, 0.15) is 35.3 Å². The zero-order valence-corrected chi connectivity index (χ0v) is 18.1. The fourth-order valence-electron chi connectivity index (χ4n) is 2.95. The highest BCUT2D eigenvalue weighted by atomic mass is 16.6. The van der Waals surface area contributed by atoms with E-state index in [0.717, 1.165) is 0 Å². The number of aliphatic hydroxyl groups excluding tert-OH is 2. The number of nitrogens with zero attached hydrogens (tertiary/aromatic N) is 5. The molecule has 2 fully saturated rings. The summed E-state index contributed by atoms with van der Waals surface area (Å²) >= 11 is 0. The molecular formula is C20H25N7O7. The van der Waals surface area contributed by atoms with Crippen molar-refractivity contribution in [3.8, 4) is 0 Å². The summed E-state index contributed by atoms with van der Waals surface area (Å²) in [5.41, 5.74) is 11.0.